The van der Waals surface area contributed by atoms with Crippen LogP contribution in [0.15, 0.2) is 12.3 Å². The van der Waals surface area contributed by atoms with Crippen molar-refractivity contribution in [2.45, 2.75) is 19.6 Å². The molecule has 0 aromatic carbocycles. The lowest BCUT2D eigenvalue weighted by Crippen LogP contribution is -2.29. The van der Waals surface area contributed by atoms with Crippen molar-refractivity contribution < 1.29 is 9.84 Å². The van der Waals surface area contributed by atoms with Gasteiger partial charge in [-0.2, -0.15) is 5.10 Å². The van der Waals surface area contributed by atoms with Crippen molar-refractivity contribution in [3.63, 3.8) is 0 Å². The molecule has 1 unspecified atom stereocenters. The van der Waals surface area contributed by atoms with Crippen molar-refractivity contribution >= 4 is 11.0 Å². The van der Waals surface area contributed by atoms with E-state index in [1.807, 2.05) is 20.2 Å². The fraction of sp³-hybridized carbons (Fsp3) is 0.538. The monoisotopic (exact) mass is 264 g/mol. The second-order valence-corrected chi connectivity index (χ2v) is 4.66. The van der Waals surface area contributed by atoms with Gasteiger partial charge in [-0.3, -0.25) is 4.68 Å². The highest BCUT2D eigenvalue weighted by atomic mass is 16.5. The number of nitrogens with zero attached hydrogens (tertiary/aromatic N) is 3. The maximum absolute atomic E-state index is 9.53. The molecule has 0 aliphatic heterocycles. The molecule has 2 aromatic heterocycles. The number of fused-ring (bicyclic) bond motifs is 1. The Kier molecular flexibility index (Phi) is 4.47. The first-order chi connectivity index (χ1) is 9.11. The molecule has 1 atom stereocenters. The fourth-order valence-electron chi connectivity index (χ4n) is 2.08. The number of aliphatic hydroxyl groups excluding tert-OH is 1. The molecule has 6 nitrogen and oxygen atoms in total. The summed E-state index contributed by atoms with van der Waals surface area (Å²) in [5, 5.41) is 18.1. The van der Waals surface area contributed by atoms with Gasteiger partial charge in [0.25, 0.3) is 0 Å². The summed E-state index contributed by atoms with van der Waals surface area (Å²) in [6.45, 7) is 3.48. The van der Waals surface area contributed by atoms with Gasteiger partial charge in [-0.1, -0.05) is 0 Å². The highest BCUT2D eigenvalue weighted by Crippen LogP contribution is 2.16. The fourth-order valence-corrected chi connectivity index (χ4v) is 2.08. The van der Waals surface area contributed by atoms with Gasteiger partial charge in [-0.05, 0) is 18.6 Å². The molecule has 0 radical (unpaired) electrons. The van der Waals surface area contributed by atoms with Gasteiger partial charge >= 0.3 is 0 Å². The summed E-state index contributed by atoms with van der Waals surface area (Å²) in [6.07, 6.45) is 1.35. The molecule has 2 rings (SSSR count). The molecule has 104 valence electrons. The van der Waals surface area contributed by atoms with Crippen molar-refractivity contribution in [3.05, 3.63) is 23.5 Å². The summed E-state index contributed by atoms with van der Waals surface area (Å²) in [5.74, 6) is 0. The number of aromatic nitrogens is 3. The standard InChI is InChI=1S/C13H20N4O2/c1-9-12-4-10(5-14-7-11(18)8-19-3)6-15-13(12)17(2)16-9/h4,6,11,14,18H,5,7-8H2,1-3H3. The molecular formula is C13H20N4O2. The molecule has 0 fully saturated rings. The second kappa shape index (κ2) is 6.10. The minimum absolute atomic E-state index is 0.339. The summed E-state index contributed by atoms with van der Waals surface area (Å²) in [4.78, 5) is 4.41. The Labute approximate surface area is 112 Å². The zero-order valence-electron chi connectivity index (χ0n) is 11.6. The molecule has 0 aliphatic rings. The van der Waals surface area contributed by atoms with E-state index in [0.29, 0.717) is 19.7 Å². The van der Waals surface area contributed by atoms with E-state index in [-0.39, 0.29) is 0 Å². The van der Waals surface area contributed by atoms with Gasteiger partial charge in [0.1, 0.15) is 0 Å². The Bertz CT molecular complexity index is 553. The van der Waals surface area contributed by atoms with Crippen LogP contribution in [-0.2, 0) is 18.3 Å². The van der Waals surface area contributed by atoms with E-state index in [1.54, 1.807) is 11.8 Å². The van der Waals surface area contributed by atoms with Crippen LogP contribution in [0.5, 0.6) is 0 Å². The maximum Gasteiger partial charge on any atom is 0.157 e. The van der Waals surface area contributed by atoms with Crippen LogP contribution in [0.1, 0.15) is 11.3 Å². The van der Waals surface area contributed by atoms with Gasteiger partial charge in [0.05, 0.1) is 18.4 Å². The molecule has 19 heavy (non-hydrogen) atoms. The van der Waals surface area contributed by atoms with Crippen LogP contribution in [0.4, 0.5) is 0 Å². The van der Waals surface area contributed by atoms with Gasteiger partial charge in [-0.15, -0.1) is 0 Å². The average molecular weight is 264 g/mol. The van der Waals surface area contributed by atoms with Crippen LogP contribution in [-0.4, -0.2) is 46.2 Å². The van der Waals surface area contributed by atoms with E-state index in [9.17, 15) is 5.11 Å². The first-order valence-corrected chi connectivity index (χ1v) is 6.27. The average Bonchev–Trinajstić information content (AvgIpc) is 2.65. The molecule has 0 bridgehead atoms. The highest BCUT2D eigenvalue weighted by Gasteiger charge is 2.07. The van der Waals surface area contributed by atoms with E-state index in [4.69, 9.17) is 4.74 Å². The number of pyridine rings is 1. The first kappa shape index (κ1) is 13.9. The van der Waals surface area contributed by atoms with E-state index < -0.39 is 6.10 Å². The van der Waals surface area contributed by atoms with E-state index >= 15 is 0 Å². The summed E-state index contributed by atoms with van der Waals surface area (Å²) in [7, 11) is 3.47. The molecule has 0 saturated heterocycles. The van der Waals surface area contributed by atoms with Crippen LogP contribution < -0.4 is 5.32 Å². The van der Waals surface area contributed by atoms with Gasteiger partial charge < -0.3 is 15.2 Å². The number of rotatable bonds is 6. The third kappa shape index (κ3) is 3.28. The lowest BCUT2D eigenvalue weighted by molar-refractivity contribution is 0.0644. The summed E-state index contributed by atoms with van der Waals surface area (Å²) >= 11 is 0. The number of ether oxygens (including phenoxy) is 1. The molecular weight excluding hydrogens is 244 g/mol. The minimum Gasteiger partial charge on any atom is -0.389 e. The van der Waals surface area contributed by atoms with Gasteiger partial charge in [0.2, 0.25) is 0 Å². The van der Waals surface area contributed by atoms with E-state index in [1.165, 1.54) is 0 Å². The predicted molar refractivity (Wildman–Crippen MR) is 72.8 cm³/mol. The van der Waals surface area contributed by atoms with Crippen LogP contribution in [0.25, 0.3) is 11.0 Å². The maximum atomic E-state index is 9.53. The van der Waals surface area contributed by atoms with Crippen molar-refractivity contribution in [2.24, 2.45) is 7.05 Å². The molecule has 6 heteroatoms. The SMILES string of the molecule is COCC(O)CNCc1cnc2c(c1)c(C)nn2C. The number of aliphatic hydroxyl groups is 1. The van der Waals surface area contributed by atoms with Crippen LogP contribution in [0.3, 0.4) is 0 Å². The molecule has 0 amide bonds. The number of aryl methyl sites for hydroxylation is 2. The Morgan fingerprint density at radius 1 is 1.53 bits per heavy atom. The molecule has 0 aliphatic carbocycles. The zero-order valence-corrected chi connectivity index (χ0v) is 11.6. The number of hydrogen-bond donors (Lipinski definition) is 2. The summed E-state index contributed by atoms with van der Waals surface area (Å²) in [6, 6.07) is 2.08. The first-order valence-electron chi connectivity index (χ1n) is 6.27. The molecule has 0 spiro atoms. The minimum atomic E-state index is -0.484. The Hall–Kier alpha value is -1.50. The van der Waals surface area contributed by atoms with Crippen LogP contribution in [0, 0.1) is 6.92 Å². The van der Waals surface area contributed by atoms with Gasteiger partial charge in [0, 0.05) is 38.8 Å². The van der Waals surface area contributed by atoms with E-state index in [2.05, 4.69) is 21.5 Å². The summed E-state index contributed by atoms with van der Waals surface area (Å²) in [5.41, 5.74) is 2.94. The van der Waals surface area contributed by atoms with Gasteiger partial charge in [-0.25, -0.2) is 4.98 Å². The van der Waals surface area contributed by atoms with Crippen LogP contribution >= 0.6 is 0 Å². The Morgan fingerprint density at radius 3 is 3.05 bits per heavy atom. The number of nitrogens with one attached hydrogen (secondary N) is 1. The van der Waals surface area contributed by atoms with Crippen molar-refractivity contribution in [2.75, 3.05) is 20.3 Å². The Balaban J connectivity index is 2.00. The molecule has 2 N–H and O–H groups in total. The molecule has 0 saturated carbocycles. The number of hydrogen-bond acceptors (Lipinski definition) is 5. The lowest BCUT2D eigenvalue weighted by Gasteiger charge is -2.10. The quantitative estimate of drug-likeness (QED) is 0.789. The zero-order chi connectivity index (χ0) is 13.8. The topological polar surface area (TPSA) is 72.2 Å². The van der Waals surface area contributed by atoms with Crippen LogP contribution in [0.2, 0.25) is 0 Å². The molecule has 2 aromatic rings. The summed E-state index contributed by atoms with van der Waals surface area (Å²) < 4.78 is 6.65. The van der Waals surface area contributed by atoms with Crippen molar-refractivity contribution in [1.82, 2.24) is 20.1 Å². The normalized spacial score (nSPS) is 13.1. The Morgan fingerprint density at radius 2 is 2.32 bits per heavy atom. The van der Waals surface area contributed by atoms with Crippen molar-refractivity contribution in [1.29, 1.82) is 0 Å². The second-order valence-electron chi connectivity index (χ2n) is 4.66. The highest BCUT2D eigenvalue weighted by molar-refractivity contribution is 5.78. The largest absolute Gasteiger partial charge is 0.389 e. The third-order valence-electron chi connectivity index (χ3n) is 2.99. The smallest absolute Gasteiger partial charge is 0.157 e. The molecule has 2 heterocycles. The predicted octanol–water partition coefficient (Wildman–Crippen LogP) is 0.374. The van der Waals surface area contributed by atoms with E-state index in [0.717, 1.165) is 22.3 Å². The van der Waals surface area contributed by atoms with Gasteiger partial charge in [0.15, 0.2) is 5.65 Å². The van der Waals surface area contributed by atoms with Crippen molar-refractivity contribution in [3.8, 4) is 0 Å². The third-order valence-corrected chi connectivity index (χ3v) is 2.99. The lowest BCUT2D eigenvalue weighted by atomic mass is 10.2. The number of methoxy groups -OCH3 is 1.